The van der Waals surface area contributed by atoms with Crippen molar-refractivity contribution in [2.45, 2.75) is 13.3 Å². The van der Waals surface area contributed by atoms with Crippen molar-refractivity contribution in [3.05, 3.63) is 28.8 Å². The highest BCUT2D eigenvalue weighted by Crippen LogP contribution is 2.35. The Bertz CT molecular complexity index is 626. The summed E-state index contributed by atoms with van der Waals surface area (Å²) in [7, 11) is 0. The highest BCUT2D eigenvalue weighted by molar-refractivity contribution is 7.07. The molecule has 0 aliphatic carbocycles. The molecule has 2 heterocycles. The van der Waals surface area contributed by atoms with E-state index in [1.165, 1.54) is 0 Å². The third kappa shape index (κ3) is 2.24. The number of hydrogen-bond acceptors (Lipinski definition) is 7. The maximum atomic E-state index is 12.0. The van der Waals surface area contributed by atoms with Crippen LogP contribution >= 0.6 is 11.5 Å². The first kappa shape index (κ1) is 11.9. The molecule has 7 heteroatoms. The van der Waals surface area contributed by atoms with Gasteiger partial charge in [-0.25, -0.2) is 4.79 Å². The molecule has 1 aromatic heterocycles. The van der Waals surface area contributed by atoms with Gasteiger partial charge in [0, 0.05) is 6.07 Å². The van der Waals surface area contributed by atoms with Crippen LogP contribution in [0, 0.1) is 0 Å². The molecule has 2 aromatic rings. The van der Waals surface area contributed by atoms with E-state index in [1.807, 2.05) is 6.92 Å². The molecular formula is C12H10N2O4S. The number of carbonyl (C=O) groups is 1. The van der Waals surface area contributed by atoms with Crippen LogP contribution in [0.4, 0.5) is 0 Å². The van der Waals surface area contributed by atoms with Gasteiger partial charge in [-0.2, -0.15) is 0 Å². The van der Waals surface area contributed by atoms with E-state index in [0.717, 1.165) is 11.5 Å². The standard InChI is InChI=1S/C12H10N2O4S/c1-2-8-11(19-14-13-8)12(15)18-7-3-4-9-10(5-7)17-6-16-9/h3-5H,2,6H2,1H3. The Morgan fingerprint density at radius 3 is 3.11 bits per heavy atom. The van der Waals surface area contributed by atoms with Gasteiger partial charge in [-0.15, -0.1) is 5.10 Å². The van der Waals surface area contributed by atoms with Crippen LogP contribution in [0.15, 0.2) is 18.2 Å². The molecule has 0 bridgehead atoms. The predicted octanol–water partition coefficient (Wildman–Crippen LogP) is 2.05. The van der Waals surface area contributed by atoms with Gasteiger partial charge < -0.3 is 14.2 Å². The summed E-state index contributed by atoms with van der Waals surface area (Å²) in [5.41, 5.74) is 0.649. The zero-order chi connectivity index (χ0) is 13.2. The van der Waals surface area contributed by atoms with Gasteiger partial charge in [0.2, 0.25) is 6.79 Å². The number of hydrogen-bond donors (Lipinski definition) is 0. The topological polar surface area (TPSA) is 70.5 Å². The van der Waals surface area contributed by atoms with Gasteiger partial charge >= 0.3 is 5.97 Å². The second-order valence-corrected chi connectivity index (χ2v) is 4.56. The Morgan fingerprint density at radius 2 is 2.26 bits per heavy atom. The van der Waals surface area contributed by atoms with Crippen molar-refractivity contribution in [1.29, 1.82) is 0 Å². The molecule has 1 aromatic carbocycles. The number of ether oxygens (including phenoxy) is 3. The minimum atomic E-state index is -0.453. The zero-order valence-electron chi connectivity index (χ0n) is 10.1. The van der Waals surface area contributed by atoms with E-state index < -0.39 is 5.97 Å². The normalized spacial score (nSPS) is 12.5. The fourth-order valence-electron chi connectivity index (χ4n) is 1.69. The summed E-state index contributed by atoms with van der Waals surface area (Å²) < 4.78 is 19.4. The van der Waals surface area contributed by atoms with Crippen molar-refractivity contribution in [1.82, 2.24) is 9.59 Å². The van der Waals surface area contributed by atoms with E-state index in [2.05, 4.69) is 9.59 Å². The average molecular weight is 278 g/mol. The molecule has 0 radical (unpaired) electrons. The molecule has 0 spiro atoms. The van der Waals surface area contributed by atoms with Gasteiger partial charge in [-0.05, 0) is 30.1 Å². The molecule has 0 fully saturated rings. The van der Waals surface area contributed by atoms with Crippen molar-refractivity contribution < 1.29 is 19.0 Å². The number of aromatic nitrogens is 2. The minimum absolute atomic E-state index is 0.186. The lowest BCUT2D eigenvalue weighted by molar-refractivity contribution is 0.0738. The zero-order valence-corrected chi connectivity index (χ0v) is 10.9. The lowest BCUT2D eigenvalue weighted by Gasteiger charge is -2.04. The van der Waals surface area contributed by atoms with Gasteiger partial charge in [-0.1, -0.05) is 11.4 Å². The van der Waals surface area contributed by atoms with E-state index in [0.29, 0.717) is 34.2 Å². The molecule has 0 amide bonds. The second-order valence-electron chi connectivity index (χ2n) is 3.81. The Kier molecular flexibility index (Phi) is 3.04. The summed E-state index contributed by atoms with van der Waals surface area (Å²) >= 11 is 1.04. The van der Waals surface area contributed by atoms with Gasteiger partial charge in [-0.3, -0.25) is 0 Å². The van der Waals surface area contributed by atoms with Crippen molar-refractivity contribution >= 4 is 17.5 Å². The monoisotopic (exact) mass is 278 g/mol. The van der Waals surface area contributed by atoms with Gasteiger partial charge in [0.05, 0.1) is 5.69 Å². The maximum Gasteiger partial charge on any atom is 0.357 e. The lowest BCUT2D eigenvalue weighted by Crippen LogP contribution is -2.09. The molecule has 0 atom stereocenters. The van der Waals surface area contributed by atoms with Crippen molar-refractivity contribution in [2.75, 3.05) is 6.79 Å². The SMILES string of the molecule is CCc1nnsc1C(=O)Oc1ccc2c(c1)OCO2. The fraction of sp³-hybridized carbons (Fsp3) is 0.250. The van der Waals surface area contributed by atoms with E-state index >= 15 is 0 Å². The van der Waals surface area contributed by atoms with Gasteiger partial charge in [0.25, 0.3) is 0 Å². The van der Waals surface area contributed by atoms with E-state index in [9.17, 15) is 4.79 Å². The molecule has 0 N–H and O–H groups in total. The van der Waals surface area contributed by atoms with Crippen LogP contribution in [-0.4, -0.2) is 22.3 Å². The number of nitrogens with zero attached hydrogens (tertiary/aromatic N) is 2. The minimum Gasteiger partial charge on any atom is -0.454 e. The van der Waals surface area contributed by atoms with Crippen LogP contribution < -0.4 is 14.2 Å². The quantitative estimate of drug-likeness (QED) is 0.632. The van der Waals surface area contributed by atoms with Crippen LogP contribution in [0.25, 0.3) is 0 Å². The molecule has 6 nitrogen and oxygen atoms in total. The third-order valence-corrected chi connectivity index (χ3v) is 3.38. The Labute approximate surface area is 113 Å². The molecular weight excluding hydrogens is 268 g/mol. The fourth-order valence-corrected chi connectivity index (χ4v) is 2.32. The van der Waals surface area contributed by atoms with Gasteiger partial charge in [0.1, 0.15) is 5.75 Å². The average Bonchev–Trinajstić information content (AvgIpc) is 3.06. The predicted molar refractivity (Wildman–Crippen MR) is 66.8 cm³/mol. The van der Waals surface area contributed by atoms with Crippen LogP contribution in [0.2, 0.25) is 0 Å². The lowest BCUT2D eigenvalue weighted by atomic mass is 10.3. The molecule has 1 aliphatic heterocycles. The largest absolute Gasteiger partial charge is 0.454 e. The molecule has 1 aliphatic rings. The number of rotatable bonds is 3. The van der Waals surface area contributed by atoms with Crippen LogP contribution in [-0.2, 0) is 6.42 Å². The number of benzene rings is 1. The highest BCUT2D eigenvalue weighted by atomic mass is 32.1. The molecule has 0 saturated carbocycles. The third-order valence-electron chi connectivity index (χ3n) is 2.63. The molecule has 0 unspecified atom stereocenters. The molecule has 19 heavy (non-hydrogen) atoms. The molecule has 98 valence electrons. The molecule has 0 saturated heterocycles. The Hall–Kier alpha value is -2.15. The van der Waals surface area contributed by atoms with Crippen molar-refractivity contribution in [3.63, 3.8) is 0 Å². The smallest absolute Gasteiger partial charge is 0.357 e. The van der Waals surface area contributed by atoms with Crippen LogP contribution in [0.5, 0.6) is 17.2 Å². The first-order valence-corrected chi connectivity index (χ1v) is 6.48. The van der Waals surface area contributed by atoms with Crippen LogP contribution in [0.3, 0.4) is 0 Å². The Balaban J connectivity index is 1.80. The number of aryl methyl sites for hydroxylation is 1. The summed E-state index contributed by atoms with van der Waals surface area (Å²) in [5.74, 6) is 1.17. The van der Waals surface area contributed by atoms with Crippen molar-refractivity contribution in [2.24, 2.45) is 0 Å². The van der Waals surface area contributed by atoms with E-state index in [-0.39, 0.29) is 6.79 Å². The van der Waals surface area contributed by atoms with Crippen LogP contribution in [0.1, 0.15) is 22.3 Å². The van der Waals surface area contributed by atoms with E-state index in [4.69, 9.17) is 14.2 Å². The Morgan fingerprint density at radius 1 is 1.42 bits per heavy atom. The van der Waals surface area contributed by atoms with Gasteiger partial charge in [0.15, 0.2) is 16.4 Å². The second kappa shape index (κ2) is 4.85. The number of fused-ring (bicyclic) bond motifs is 1. The maximum absolute atomic E-state index is 12.0. The summed E-state index contributed by atoms with van der Waals surface area (Å²) in [6, 6.07) is 4.99. The summed E-state index contributed by atoms with van der Waals surface area (Å²) in [6.07, 6.45) is 0.641. The first-order chi connectivity index (χ1) is 9.28. The summed E-state index contributed by atoms with van der Waals surface area (Å²) in [5, 5.41) is 3.88. The van der Waals surface area contributed by atoms with Crippen molar-refractivity contribution in [3.8, 4) is 17.2 Å². The summed E-state index contributed by atoms with van der Waals surface area (Å²) in [4.78, 5) is 12.4. The number of esters is 1. The highest BCUT2D eigenvalue weighted by Gasteiger charge is 2.19. The first-order valence-electron chi connectivity index (χ1n) is 5.71. The number of carbonyl (C=O) groups excluding carboxylic acids is 1. The summed E-state index contributed by atoms with van der Waals surface area (Å²) in [6.45, 7) is 2.10. The van der Waals surface area contributed by atoms with E-state index in [1.54, 1.807) is 18.2 Å². The molecule has 3 rings (SSSR count).